The van der Waals surface area contributed by atoms with Crippen molar-refractivity contribution in [3.05, 3.63) is 27.6 Å². The Balaban J connectivity index is 1.68. The van der Waals surface area contributed by atoms with Crippen LogP contribution in [0.1, 0.15) is 30.9 Å². The molecule has 21 heavy (non-hydrogen) atoms. The lowest BCUT2D eigenvalue weighted by Gasteiger charge is -2.32. The molecule has 1 N–H and O–H groups in total. The predicted octanol–water partition coefficient (Wildman–Crippen LogP) is 1.85. The summed E-state index contributed by atoms with van der Waals surface area (Å²) in [5.41, 5.74) is 1.97. The SMILES string of the molecule is Cc1csc2c(=O)n(C3COC4(CCNCC4)C3)cnc12. The van der Waals surface area contributed by atoms with Crippen LogP contribution in [-0.4, -0.2) is 34.8 Å². The summed E-state index contributed by atoms with van der Waals surface area (Å²) >= 11 is 1.49. The molecule has 5 nitrogen and oxygen atoms in total. The van der Waals surface area contributed by atoms with Crippen molar-refractivity contribution in [1.29, 1.82) is 0 Å². The lowest BCUT2D eigenvalue weighted by molar-refractivity contribution is -0.0196. The maximum atomic E-state index is 12.7. The van der Waals surface area contributed by atoms with E-state index in [0.29, 0.717) is 6.61 Å². The van der Waals surface area contributed by atoms with Crippen molar-refractivity contribution in [3.63, 3.8) is 0 Å². The van der Waals surface area contributed by atoms with E-state index < -0.39 is 0 Å². The Morgan fingerprint density at radius 1 is 1.48 bits per heavy atom. The van der Waals surface area contributed by atoms with E-state index in [9.17, 15) is 4.79 Å². The Morgan fingerprint density at radius 2 is 2.29 bits per heavy atom. The molecule has 112 valence electrons. The molecule has 4 heterocycles. The second-order valence-corrected chi connectivity index (χ2v) is 7.04. The third-order valence-corrected chi connectivity index (χ3v) is 5.85. The van der Waals surface area contributed by atoms with E-state index in [1.54, 1.807) is 10.9 Å². The number of nitrogens with zero attached hydrogens (tertiary/aromatic N) is 2. The number of rotatable bonds is 1. The predicted molar refractivity (Wildman–Crippen MR) is 83.1 cm³/mol. The lowest BCUT2D eigenvalue weighted by atomic mass is 9.88. The first-order valence-corrected chi connectivity index (χ1v) is 8.36. The van der Waals surface area contributed by atoms with Crippen LogP contribution in [0, 0.1) is 6.92 Å². The Bertz CT molecular complexity index is 730. The van der Waals surface area contributed by atoms with Gasteiger partial charge in [-0.1, -0.05) is 0 Å². The molecule has 2 aliphatic heterocycles. The summed E-state index contributed by atoms with van der Waals surface area (Å²) in [6.45, 7) is 4.63. The highest BCUT2D eigenvalue weighted by Crippen LogP contribution is 2.38. The van der Waals surface area contributed by atoms with E-state index in [4.69, 9.17) is 4.74 Å². The fourth-order valence-corrected chi connectivity index (χ4v) is 4.47. The van der Waals surface area contributed by atoms with Gasteiger partial charge in [0, 0.05) is 0 Å². The van der Waals surface area contributed by atoms with Gasteiger partial charge in [-0.2, -0.15) is 0 Å². The van der Waals surface area contributed by atoms with Crippen molar-refractivity contribution in [3.8, 4) is 0 Å². The highest BCUT2D eigenvalue weighted by Gasteiger charge is 2.42. The van der Waals surface area contributed by atoms with Crippen molar-refractivity contribution in [2.45, 2.75) is 37.8 Å². The minimum Gasteiger partial charge on any atom is -0.373 e. The molecule has 2 aliphatic rings. The number of ether oxygens (including phenoxy) is 1. The Hall–Kier alpha value is -1.24. The molecule has 0 aliphatic carbocycles. The first-order valence-electron chi connectivity index (χ1n) is 7.48. The standard InChI is InChI=1S/C15H19N3O2S/c1-10-8-21-13-12(10)17-9-18(14(13)19)11-6-15(20-7-11)2-4-16-5-3-15/h8-9,11,16H,2-7H2,1H3. The summed E-state index contributed by atoms with van der Waals surface area (Å²) in [6.07, 6.45) is 4.70. The summed E-state index contributed by atoms with van der Waals surface area (Å²) in [5, 5.41) is 5.37. The van der Waals surface area contributed by atoms with Crippen LogP contribution in [0.4, 0.5) is 0 Å². The summed E-state index contributed by atoms with van der Waals surface area (Å²) in [6, 6.07) is 0.120. The maximum Gasteiger partial charge on any atom is 0.271 e. The zero-order valence-corrected chi connectivity index (χ0v) is 12.9. The number of hydrogen-bond donors (Lipinski definition) is 1. The van der Waals surface area contributed by atoms with Crippen LogP contribution >= 0.6 is 11.3 Å². The van der Waals surface area contributed by atoms with Gasteiger partial charge in [0.1, 0.15) is 4.70 Å². The Labute approximate surface area is 127 Å². The Morgan fingerprint density at radius 3 is 3.10 bits per heavy atom. The fraction of sp³-hybridized carbons (Fsp3) is 0.600. The molecule has 0 radical (unpaired) electrons. The average Bonchev–Trinajstić information content (AvgIpc) is 3.06. The van der Waals surface area contributed by atoms with Crippen LogP contribution in [0.5, 0.6) is 0 Å². The maximum absolute atomic E-state index is 12.7. The third-order valence-electron chi connectivity index (χ3n) is 4.78. The van der Waals surface area contributed by atoms with E-state index in [-0.39, 0.29) is 17.2 Å². The molecule has 0 aromatic carbocycles. The molecule has 0 saturated carbocycles. The van der Waals surface area contributed by atoms with E-state index >= 15 is 0 Å². The van der Waals surface area contributed by atoms with Crippen molar-refractivity contribution in [2.24, 2.45) is 0 Å². The molecule has 0 bridgehead atoms. The molecular formula is C15H19N3O2S. The smallest absolute Gasteiger partial charge is 0.271 e. The van der Waals surface area contributed by atoms with E-state index in [1.165, 1.54) is 11.3 Å². The largest absolute Gasteiger partial charge is 0.373 e. The summed E-state index contributed by atoms with van der Waals surface area (Å²) in [7, 11) is 0. The van der Waals surface area contributed by atoms with Crippen molar-refractivity contribution in [1.82, 2.24) is 14.9 Å². The third kappa shape index (κ3) is 2.13. The van der Waals surface area contributed by atoms with Gasteiger partial charge in [0.05, 0.1) is 30.1 Å². The molecule has 2 fully saturated rings. The van der Waals surface area contributed by atoms with Crippen LogP contribution in [0.3, 0.4) is 0 Å². The number of nitrogens with one attached hydrogen (secondary N) is 1. The van der Waals surface area contributed by atoms with Gasteiger partial charge in [-0.15, -0.1) is 11.3 Å². The number of fused-ring (bicyclic) bond motifs is 1. The quantitative estimate of drug-likeness (QED) is 0.873. The van der Waals surface area contributed by atoms with Crippen molar-refractivity contribution < 1.29 is 4.74 Å². The van der Waals surface area contributed by atoms with E-state index in [1.807, 2.05) is 12.3 Å². The topological polar surface area (TPSA) is 56.1 Å². The van der Waals surface area contributed by atoms with Crippen LogP contribution in [0.2, 0.25) is 0 Å². The van der Waals surface area contributed by atoms with Gasteiger partial charge in [0.25, 0.3) is 5.56 Å². The molecule has 2 saturated heterocycles. The molecule has 1 atom stereocenters. The zero-order chi connectivity index (χ0) is 14.4. The monoisotopic (exact) mass is 305 g/mol. The van der Waals surface area contributed by atoms with Gasteiger partial charge in [-0.25, -0.2) is 4.98 Å². The Kier molecular flexibility index (Phi) is 3.13. The lowest BCUT2D eigenvalue weighted by Crippen LogP contribution is -2.41. The molecule has 6 heteroatoms. The molecule has 2 aromatic rings. The number of hydrogen-bond acceptors (Lipinski definition) is 5. The molecule has 1 unspecified atom stereocenters. The molecule has 2 aromatic heterocycles. The summed E-state index contributed by atoms with van der Waals surface area (Å²) in [5.74, 6) is 0. The van der Waals surface area contributed by atoms with Crippen LogP contribution in [0.25, 0.3) is 10.2 Å². The second kappa shape index (κ2) is 4.90. The van der Waals surface area contributed by atoms with Gasteiger partial charge in [0.2, 0.25) is 0 Å². The van der Waals surface area contributed by atoms with Crippen LogP contribution in [-0.2, 0) is 4.74 Å². The van der Waals surface area contributed by atoms with Gasteiger partial charge in [0.15, 0.2) is 0 Å². The summed E-state index contributed by atoms with van der Waals surface area (Å²) in [4.78, 5) is 17.2. The highest BCUT2D eigenvalue weighted by molar-refractivity contribution is 7.17. The first kappa shape index (κ1) is 13.4. The second-order valence-electron chi connectivity index (χ2n) is 6.16. The van der Waals surface area contributed by atoms with E-state index in [2.05, 4.69) is 10.3 Å². The minimum atomic E-state index is -0.0321. The van der Waals surface area contributed by atoms with Crippen molar-refractivity contribution in [2.75, 3.05) is 19.7 Å². The number of piperidine rings is 1. The zero-order valence-electron chi connectivity index (χ0n) is 12.1. The highest BCUT2D eigenvalue weighted by atomic mass is 32.1. The van der Waals surface area contributed by atoms with Crippen molar-refractivity contribution >= 4 is 21.6 Å². The van der Waals surface area contributed by atoms with E-state index in [0.717, 1.165) is 48.1 Å². The number of aryl methyl sites for hydroxylation is 1. The van der Waals surface area contributed by atoms with Gasteiger partial charge in [-0.3, -0.25) is 9.36 Å². The molecular weight excluding hydrogens is 286 g/mol. The number of thiophene rings is 1. The molecule has 4 rings (SSSR count). The molecule has 0 amide bonds. The molecule has 1 spiro atoms. The fourth-order valence-electron chi connectivity index (χ4n) is 3.53. The number of aromatic nitrogens is 2. The summed E-state index contributed by atoms with van der Waals surface area (Å²) < 4.78 is 8.65. The average molecular weight is 305 g/mol. The normalized spacial score (nSPS) is 24.9. The van der Waals surface area contributed by atoms with Gasteiger partial charge >= 0.3 is 0 Å². The first-order chi connectivity index (χ1) is 10.2. The van der Waals surface area contributed by atoms with Gasteiger partial charge in [-0.05, 0) is 50.2 Å². The van der Waals surface area contributed by atoms with Gasteiger partial charge < -0.3 is 10.1 Å². The minimum absolute atomic E-state index is 0.0321. The van der Waals surface area contributed by atoms with Crippen LogP contribution in [0.15, 0.2) is 16.5 Å². The van der Waals surface area contributed by atoms with Crippen LogP contribution < -0.4 is 10.9 Å².